The van der Waals surface area contributed by atoms with Gasteiger partial charge in [-0.2, -0.15) is 13.2 Å². The number of aromatic nitrogens is 3. The SMILES string of the molecule is O=C1Nc2ccccc2C(c2ccccc2)=N[C@@H]1Nc1nnc(-c2ncc(C(F)(F)F)cc2NC[C@H]2CCCO2)o1. The molecule has 0 saturated carbocycles. The molecule has 1 amide bonds. The van der Waals surface area contributed by atoms with Crippen LogP contribution in [0.15, 0.2) is 76.3 Å². The van der Waals surface area contributed by atoms with E-state index in [0.717, 1.165) is 30.0 Å². The Hall–Kier alpha value is -4.78. The van der Waals surface area contributed by atoms with Gasteiger partial charge in [-0.1, -0.05) is 53.6 Å². The van der Waals surface area contributed by atoms with Crippen LogP contribution in [0.25, 0.3) is 11.6 Å². The number of anilines is 3. The Balaban J connectivity index is 1.29. The maximum absolute atomic E-state index is 13.4. The molecule has 210 valence electrons. The highest BCUT2D eigenvalue weighted by atomic mass is 19.4. The largest absolute Gasteiger partial charge is 0.417 e. The van der Waals surface area contributed by atoms with E-state index in [9.17, 15) is 18.0 Å². The van der Waals surface area contributed by atoms with Gasteiger partial charge in [-0.05, 0) is 25.0 Å². The van der Waals surface area contributed by atoms with Crippen LogP contribution in [0.1, 0.15) is 29.5 Å². The fourth-order valence-corrected chi connectivity index (χ4v) is 4.63. The summed E-state index contributed by atoms with van der Waals surface area (Å²) < 4.78 is 51.6. The molecule has 4 heterocycles. The van der Waals surface area contributed by atoms with Gasteiger partial charge in [0.15, 0.2) is 5.69 Å². The number of hydrogen-bond acceptors (Lipinski definition) is 9. The fraction of sp³-hybridized carbons (Fsp3) is 0.250. The molecule has 10 nitrogen and oxygen atoms in total. The predicted octanol–water partition coefficient (Wildman–Crippen LogP) is 4.97. The van der Waals surface area contributed by atoms with Gasteiger partial charge in [0.2, 0.25) is 6.17 Å². The van der Waals surface area contributed by atoms with Gasteiger partial charge >= 0.3 is 12.2 Å². The predicted molar refractivity (Wildman–Crippen MR) is 145 cm³/mol. The minimum atomic E-state index is -4.59. The summed E-state index contributed by atoms with van der Waals surface area (Å²) in [6.45, 7) is 0.891. The number of ether oxygens (including phenoxy) is 1. The molecular weight excluding hydrogens is 539 g/mol. The van der Waals surface area contributed by atoms with Crippen molar-refractivity contribution in [3.8, 4) is 11.6 Å². The summed E-state index contributed by atoms with van der Waals surface area (Å²) in [6.07, 6.45) is -3.49. The standard InChI is InChI=1S/C28H24F3N7O3/c29-28(30,31)17-13-21(32-15-18-9-6-12-40-18)23(33-14-17)26-37-38-27(41-26)36-24-25(39)34-20-11-5-4-10-19(20)22(35-24)16-7-2-1-3-8-16/h1-5,7-8,10-11,13-14,18,24,32H,6,9,12,15H2,(H,34,39)(H,36,38)/t18-,24-/m1/s1. The number of fused-ring (bicyclic) bond motifs is 1. The average Bonchev–Trinajstić information content (AvgIpc) is 3.64. The molecule has 13 heteroatoms. The van der Waals surface area contributed by atoms with E-state index >= 15 is 0 Å². The molecule has 0 radical (unpaired) electrons. The molecule has 0 bridgehead atoms. The van der Waals surface area contributed by atoms with Gasteiger partial charge in [0.25, 0.3) is 11.8 Å². The van der Waals surface area contributed by atoms with Crippen LogP contribution in [0.3, 0.4) is 0 Å². The van der Waals surface area contributed by atoms with Crippen molar-refractivity contribution >= 4 is 29.0 Å². The Morgan fingerprint density at radius 3 is 2.63 bits per heavy atom. The number of rotatable bonds is 7. The summed E-state index contributed by atoms with van der Waals surface area (Å²) in [5.41, 5.74) is 1.86. The number of aliphatic imine (C=N–C) groups is 1. The van der Waals surface area contributed by atoms with Crippen LogP contribution in [0.5, 0.6) is 0 Å². The summed E-state index contributed by atoms with van der Waals surface area (Å²) in [5, 5.41) is 16.6. The Labute approximate surface area is 232 Å². The van der Waals surface area contributed by atoms with Crippen LogP contribution < -0.4 is 16.0 Å². The first-order valence-electron chi connectivity index (χ1n) is 12.9. The minimum absolute atomic E-state index is 0.0303. The highest BCUT2D eigenvalue weighted by molar-refractivity contribution is 6.19. The van der Waals surface area contributed by atoms with Crippen LogP contribution in [0.4, 0.5) is 30.6 Å². The Kier molecular flexibility index (Phi) is 7.10. The number of carbonyl (C=O) groups excluding carboxylic acids is 1. The molecule has 6 rings (SSSR count). The molecule has 2 aliphatic rings. The quantitative estimate of drug-likeness (QED) is 0.288. The van der Waals surface area contributed by atoms with Gasteiger partial charge in [0.1, 0.15) is 0 Å². The molecule has 3 N–H and O–H groups in total. The number of pyridine rings is 1. The highest BCUT2D eigenvalue weighted by Gasteiger charge is 2.33. The van der Waals surface area contributed by atoms with Gasteiger partial charge in [-0.3, -0.25) is 4.79 Å². The van der Waals surface area contributed by atoms with Crippen LogP contribution in [0.2, 0.25) is 0 Å². The molecule has 2 atom stereocenters. The molecule has 41 heavy (non-hydrogen) atoms. The van der Waals surface area contributed by atoms with E-state index in [1.165, 1.54) is 0 Å². The third-order valence-electron chi connectivity index (χ3n) is 6.64. The molecule has 2 aromatic heterocycles. The van der Waals surface area contributed by atoms with E-state index in [0.29, 0.717) is 24.2 Å². The second kappa shape index (κ2) is 11.0. The van der Waals surface area contributed by atoms with Crippen molar-refractivity contribution in [1.82, 2.24) is 15.2 Å². The molecule has 1 fully saturated rings. The second-order valence-electron chi connectivity index (χ2n) is 9.47. The smallest absolute Gasteiger partial charge is 0.402 e. The van der Waals surface area contributed by atoms with E-state index in [1.807, 2.05) is 42.5 Å². The Morgan fingerprint density at radius 2 is 1.85 bits per heavy atom. The van der Waals surface area contributed by atoms with Crippen molar-refractivity contribution in [1.29, 1.82) is 0 Å². The van der Waals surface area contributed by atoms with Crippen molar-refractivity contribution in [2.75, 3.05) is 29.1 Å². The van der Waals surface area contributed by atoms with Gasteiger partial charge in [-0.15, -0.1) is 5.10 Å². The number of benzodiazepines with no additional fused rings is 1. The molecule has 2 aromatic carbocycles. The molecule has 0 spiro atoms. The van der Waals surface area contributed by atoms with E-state index in [-0.39, 0.29) is 35.9 Å². The lowest BCUT2D eigenvalue weighted by Crippen LogP contribution is -2.32. The number of amides is 1. The van der Waals surface area contributed by atoms with Crippen molar-refractivity contribution in [2.24, 2.45) is 4.99 Å². The summed E-state index contributed by atoms with van der Waals surface area (Å²) in [5.74, 6) is -0.602. The lowest BCUT2D eigenvalue weighted by atomic mass is 10.0. The third-order valence-corrected chi connectivity index (χ3v) is 6.64. The number of halogens is 3. The van der Waals surface area contributed by atoms with E-state index in [2.05, 4.69) is 36.1 Å². The summed E-state index contributed by atoms with van der Waals surface area (Å²) in [7, 11) is 0. The van der Waals surface area contributed by atoms with E-state index in [1.54, 1.807) is 12.1 Å². The van der Waals surface area contributed by atoms with Gasteiger partial charge in [-0.25, -0.2) is 9.98 Å². The molecule has 0 aliphatic carbocycles. The van der Waals surface area contributed by atoms with Crippen molar-refractivity contribution < 1.29 is 27.1 Å². The van der Waals surface area contributed by atoms with Crippen LogP contribution in [-0.2, 0) is 15.7 Å². The third kappa shape index (κ3) is 5.75. The Bertz CT molecular complexity index is 1580. The zero-order valence-corrected chi connectivity index (χ0v) is 21.5. The first-order chi connectivity index (χ1) is 19.8. The van der Waals surface area contributed by atoms with E-state index < -0.39 is 23.8 Å². The molecule has 1 saturated heterocycles. The Morgan fingerprint density at radius 1 is 1.05 bits per heavy atom. The lowest BCUT2D eigenvalue weighted by molar-refractivity contribution is -0.137. The lowest BCUT2D eigenvalue weighted by Gasteiger charge is -2.15. The maximum Gasteiger partial charge on any atom is 0.417 e. The number of alkyl halides is 3. The summed E-state index contributed by atoms with van der Waals surface area (Å²) in [6, 6.07) is 17.5. The zero-order chi connectivity index (χ0) is 28.4. The molecule has 0 unspecified atom stereocenters. The number of benzene rings is 2. The number of hydrogen-bond donors (Lipinski definition) is 3. The first kappa shape index (κ1) is 26.4. The normalized spacial score (nSPS) is 18.7. The van der Waals surface area contributed by atoms with Crippen LogP contribution in [0, 0.1) is 0 Å². The van der Waals surface area contributed by atoms with Gasteiger partial charge in [0.05, 0.1) is 28.8 Å². The maximum atomic E-state index is 13.4. The summed E-state index contributed by atoms with van der Waals surface area (Å²) >= 11 is 0. The summed E-state index contributed by atoms with van der Waals surface area (Å²) in [4.78, 5) is 21.8. The van der Waals surface area contributed by atoms with Crippen molar-refractivity contribution in [3.05, 3.63) is 83.6 Å². The zero-order valence-electron chi connectivity index (χ0n) is 21.5. The average molecular weight is 564 g/mol. The molecular formula is C28H24F3N7O3. The van der Waals surface area contributed by atoms with Gasteiger partial charge in [0, 0.05) is 30.5 Å². The monoisotopic (exact) mass is 563 g/mol. The van der Waals surface area contributed by atoms with Crippen LogP contribution in [-0.4, -0.2) is 52.2 Å². The van der Waals surface area contributed by atoms with Crippen molar-refractivity contribution in [3.63, 3.8) is 0 Å². The highest BCUT2D eigenvalue weighted by Crippen LogP contribution is 2.35. The van der Waals surface area contributed by atoms with Crippen LogP contribution >= 0.6 is 0 Å². The van der Waals surface area contributed by atoms with Crippen molar-refractivity contribution in [2.45, 2.75) is 31.3 Å². The number of para-hydroxylation sites is 1. The first-order valence-corrected chi connectivity index (χ1v) is 12.9. The van der Waals surface area contributed by atoms with E-state index in [4.69, 9.17) is 9.15 Å². The molecule has 4 aromatic rings. The second-order valence-corrected chi connectivity index (χ2v) is 9.47. The number of nitrogens with zero attached hydrogens (tertiary/aromatic N) is 4. The fourth-order valence-electron chi connectivity index (χ4n) is 4.63. The topological polar surface area (TPSA) is 127 Å². The van der Waals surface area contributed by atoms with Gasteiger partial charge < -0.3 is 25.1 Å². The number of nitrogens with one attached hydrogen (secondary N) is 3. The number of carbonyl (C=O) groups is 1. The molecule has 2 aliphatic heterocycles. The minimum Gasteiger partial charge on any atom is -0.402 e.